The highest BCUT2D eigenvalue weighted by molar-refractivity contribution is 7.99. The summed E-state index contributed by atoms with van der Waals surface area (Å²) in [4.78, 5) is 2.50. The Morgan fingerprint density at radius 3 is 3.08 bits per heavy atom. The number of hydrogen-bond donors (Lipinski definition) is 1. The molecule has 1 fully saturated rings. The van der Waals surface area contributed by atoms with E-state index in [1.54, 1.807) is 0 Å². The van der Waals surface area contributed by atoms with Gasteiger partial charge in [-0.05, 0) is 6.92 Å². The fourth-order valence-electron chi connectivity index (χ4n) is 1.34. The quantitative estimate of drug-likeness (QED) is 0.665. The van der Waals surface area contributed by atoms with Crippen molar-refractivity contribution in [3.63, 3.8) is 0 Å². The van der Waals surface area contributed by atoms with E-state index in [1.807, 2.05) is 6.08 Å². The molecule has 1 rings (SSSR count). The molecule has 0 bridgehead atoms. The van der Waals surface area contributed by atoms with Gasteiger partial charge in [-0.1, -0.05) is 12.2 Å². The van der Waals surface area contributed by atoms with E-state index in [4.69, 9.17) is 5.73 Å². The van der Waals surface area contributed by atoms with Gasteiger partial charge in [0.1, 0.15) is 0 Å². The van der Waals surface area contributed by atoms with E-state index in [-0.39, 0.29) is 0 Å². The molecule has 0 aliphatic carbocycles. The monoisotopic (exact) mass is 186 g/mol. The first-order valence-electron chi connectivity index (χ1n) is 4.51. The molecule has 1 saturated heterocycles. The van der Waals surface area contributed by atoms with Crippen LogP contribution in [0.5, 0.6) is 0 Å². The van der Waals surface area contributed by atoms with Crippen LogP contribution in [0.4, 0.5) is 0 Å². The van der Waals surface area contributed by atoms with Crippen molar-refractivity contribution in [2.24, 2.45) is 5.73 Å². The summed E-state index contributed by atoms with van der Waals surface area (Å²) >= 11 is 2.06. The molecule has 0 amide bonds. The van der Waals surface area contributed by atoms with Crippen molar-refractivity contribution in [3.05, 3.63) is 12.2 Å². The van der Waals surface area contributed by atoms with Crippen molar-refractivity contribution in [3.8, 4) is 0 Å². The highest BCUT2D eigenvalue weighted by Crippen LogP contribution is 2.15. The number of hydrogen-bond acceptors (Lipinski definition) is 3. The Hall–Kier alpha value is 0.01000. The lowest BCUT2D eigenvalue weighted by molar-refractivity contribution is 0.258. The first-order chi connectivity index (χ1) is 5.84. The summed E-state index contributed by atoms with van der Waals surface area (Å²) in [5.41, 5.74) is 5.37. The SMILES string of the molecule is CC1CSCCN1CC=CCN. The van der Waals surface area contributed by atoms with Crippen LogP contribution in [0.3, 0.4) is 0 Å². The number of nitrogens with zero attached hydrogens (tertiary/aromatic N) is 1. The van der Waals surface area contributed by atoms with Gasteiger partial charge in [-0.15, -0.1) is 0 Å². The van der Waals surface area contributed by atoms with Gasteiger partial charge in [-0.3, -0.25) is 4.90 Å². The summed E-state index contributed by atoms with van der Waals surface area (Å²) in [7, 11) is 0. The third-order valence-electron chi connectivity index (χ3n) is 2.15. The van der Waals surface area contributed by atoms with E-state index in [2.05, 4.69) is 29.7 Å². The maximum absolute atomic E-state index is 5.37. The predicted molar refractivity (Wildman–Crippen MR) is 56.6 cm³/mol. The number of rotatable bonds is 3. The second kappa shape index (κ2) is 5.62. The molecule has 0 aromatic carbocycles. The topological polar surface area (TPSA) is 29.3 Å². The van der Waals surface area contributed by atoms with Crippen LogP contribution in [0.2, 0.25) is 0 Å². The minimum atomic E-state index is 0.664. The summed E-state index contributed by atoms with van der Waals surface area (Å²) in [5, 5.41) is 0. The maximum atomic E-state index is 5.37. The Balaban J connectivity index is 2.24. The van der Waals surface area contributed by atoms with Gasteiger partial charge in [0.05, 0.1) is 0 Å². The number of thioether (sulfide) groups is 1. The molecule has 1 aliphatic rings. The predicted octanol–water partition coefficient (Wildman–Crippen LogP) is 0.939. The minimum Gasteiger partial charge on any atom is -0.327 e. The van der Waals surface area contributed by atoms with Crippen molar-refractivity contribution in [1.82, 2.24) is 4.90 Å². The van der Waals surface area contributed by atoms with Gasteiger partial charge in [-0.25, -0.2) is 0 Å². The van der Waals surface area contributed by atoms with Crippen LogP contribution in [0.25, 0.3) is 0 Å². The highest BCUT2D eigenvalue weighted by atomic mass is 32.2. The molecule has 0 aromatic rings. The molecule has 0 radical (unpaired) electrons. The molecule has 1 aliphatic heterocycles. The van der Waals surface area contributed by atoms with E-state index in [1.165, 1.54) is 18.1 Å². The lowest BCUT2D eigenvalue weighted by Gasteiger charge is -2.31. The van der Waals surface area contributed by atoms with Crippen LogP contribution in [0.1, 0.15) is 6.92 Å². The molecule has 1 heterocycles. The van der Waals surface area contributed by atoms with E-state index in [0.717, 1.165) is 12.6 Å². The van der Waals surface area contributed by atoms with Gasteiger partial charge in [0.15, 0.2) is 0 Å². The van der Waals surface area contributed by atoms with E-state index >= 15 is 0 Å². The summed E-state index contributed by atoms with van der Waals surface area (Å²) in [6.07, 6.45) is 4.21. The summed E-state index contributed by atoms with van der Waals surface area (Å²) < 4.78 is 0. The molecule has 2 N–H and O–H groups in total. The average Bonchev–Trinajstić information content (AvgIpc) is 2.09. The molecule has 0 aromatic heterocycles. The van der Waals surface area contributed by atoms with Gasteiger partial charge in [0.25, 0.3) is 0 Å². The smallest absolute Gasteiger partial charge is 0.0167 e. The van der Waals surface area contributed by atoms with Crippen molar-refractivity contribution in [2.75, 3.05) is 31.1 Å². The zero-order valence-corrected chi connectivity index (χ0v) is 8.52. The van der Waals surface area contributed by atoms with Gasteiger partial charge >= 0.3 is 0 Å². The third-order valence-corrected chi connectivity index (χ3v) is 3.34. The third kappa shape index (κ3) is 3.17. The largest absolute Gasteiger partial charge is 0.327 e. The van der Waals surface area contributed by atoms with Crippen LogP contribution in [-0.4, -0.2) is 42.1 Å². The Kier molecular flexibility index (Phi) is 4.73. The fraction of sp³-hybridized carbons (Fsp3) is 0.778. The summed E-state index contributed by atoms with van der Waals surface area (Å²) in [6.45, 7) is 5.25. The van der Waals surface area contributed by atoms with Crippen LogP contribution in [0.15, 0.2) is 12.2 Å². The molecule has 1 atom stereocenters. The molecule has 12 heavy (non-hydrogen) atoms. The second-order valence-electron chi connectivity index (χ2n) is 3.13. The molecule has 1 unspecified atom stereocenters. The Morgan fingerprint density at radius 1 is 1.58 bits per heavy atom. The number of nitrogens with two attached hydrogens (primary N) is 1. The average molecular weight is 186 g/mol. The second-order valence-corrected chi connectivity index (χ2v) is 4.28. The van der Waals surface area contributed by atoms with Crippen LogP contribution in [-0.2, 0) is 0 Å². The molecular weight excluding hydrogens is 168 g/mol. The lowest BCUT2D eigenvalue weighted by atomic mass is 10.3. The van der Waals surface area contributed by atoms with E-state index in [9.17, 15) is 0 Å². The van der Waals surface area contributed by atoms with Gasteiger partial charge in [0, 0.05) is 37.2 Å². The van der Waals surface area contributed by atoms with E-state index < -0.39 is 0 Å². The first kappa shape index (κ1) is 10.1. The zero-order valence-electron chi connectivity index (χ0n) is 7.70. The van der Waals surface area contributed by atoms with Crippen LogP contribution < -0.4 is 5.73 Å². The fourth-order valence-corrected chi connectivity index (χ4v) is 2.42. The normalized spacial score (nSPS) is 26.7. The standard InChI is InChI=1S/C9H18N2S/c1-9-8-12-7-6-11(9)5-3-2-4-10/h2-3,9H,4-8,10H2,1H3. The zero-order chi connectivity index (χ0) is 8.81. The van der Waals surface area contributed by atoms with Gasteiger partial charge in [0.2, 0.25) is 0 Å². The van der Waals surface area contributed by atoms with Crippen molar-refractivity contribution in [1.29, 1.82) is 0 Å². The van der Waals surface area contributed by atoms with Crippen LogP contribution in [0, 0.1) is 0 Å². The van der Waals surface area contributed by atoms with E-state index in [0.29, 0.717) is 6.54 Å². The summed E-state index contributed by atoms with van der Waals surface area (Å²) in [6, 6.07) is 0.728. The highest BCUT2D eigenvalue weighted by Gasteiger charge is 2.16. The van der Waals surface area contributed by atoms with Gasteiger partial charge in [-0.2, -0.15) is 11.8 Å². The van der Waals surface area contributed by atoms with Crippen molar-refractivity contribution < 1.29 is 0 Å². The van der Waals surface area contributed by atoms with Gasteiger partial charge < -0.3 is 5.73 Å². The molecule has 3 heteroatoms. The molecule has 0 saturated carbocycles. The maximum Gasteiger partial charge on any atom is 0.0167 e. The Bertz CT molecular complexity index is 147. The Labute approximate surface area is 79.2 Å². The van der Waals surface area contributed by atoms with Crippen molar-refractivity contribution >= 4 is 11.8 Å². The first-order valence-corrected chi connectivity index (χ1v) is 5.67. The lowest BCUT2D eigenvalue weighted by Crippen LogP contribution is -2.40. The minimum absolute atomic E-state index is 0.664. The molecule has 2 nitrogen and oxygen atoms in total. The van der Waals surface area contributed by atoms with Crippen LogP contribution >= 0.6 is 11.8 Å². The molecule has 70 valence electrons. The van der Waals surface area contributed by atoms with Crippen molar-refractivity contribution in [2.45, 2.75) is 13.0 Å². The molecular formula is C9H18N2S. The Morgan fingerprint density at radius 2 is 2.42 bits per heavy atom. The molecule has 0 spiro atoms. The summed E-state index contributed by atoms with van der Waals surface area (Å²) in [5.74, 6) is 2.55.